The van der Waals surface area contributed by atoms with Crippen molar-refractivity contribution in [1.29, 1.82) is 0 Å². The highest BCUT2D eigenvalue weighted by molar-refractivity contribution is 8.00. The van der Waals surface area contributed by atoms with E-state index in [-0.39, 0.29) is 18.0 Å². The van der Waals surface area contributed by atoms with Gasteiger partial charge in [-0.25, -0.2) is 0 Å². The summed E-state index contributed by atoms with van der Waals surface area (Å²) in [7, 11) is -0.231. The van der Waals surface area contributed by atoms with Crippen LogP contribution >= 0.6 is 11.8 Å². The molecule has 0 aromatic carbocycles. The molecule has 2 atom stereocenters. The lowest BCUT2D eigenvalue weighted by Crippen LogP contribution is -2.54. The monoisotopic (exact) mass is 349 g/mol. The molecule has 0 spiro atoms. The maximum Gasteiger partial charge on any atom is 0.283 e. The minimum Gasteiger partial charge on any atom is -0.342 e. The molecule has 2 rings (SSSR count). The van der Waals surface area contributed by atoms with Crippen molar-refractivity contribution in [3.63, 3.8) is 0 Å². The summed E-state index contributed by atoms with van der Waals surface area (Å²) in [5.41, 5.74) is 0. The van der Waals surface area contributed by atoms with Crippen molar-refractivity contribution in [2.45, 2.75) is 51.7 Å². The number of rotatable bonds is 6. The second kappa shape index (κ2) is 6.67. The van der Waals surface area contributed by atoms with Crippen LogP contribution < -0.4 is 0 Å². The third-order valence-corrected chi connectivity index (χ3v) is 8.00. The Labute approximate surface area is 138 Å². The number of carbonyl (C=O) groups excluding carboxylic acids is 1. The van der Waals surface area contributed by atoms with Gasteiger partial charge in [-0.2, -0.15) is 17.0 Å². The topological polar surface area (TPSA) is 60.9 Å². The van der Waals surface area contributed by atoms with Gasteiger partial charge in [0.1, 0.15) is 6.04 Å². The highest BCUT2D eigenvalue weighted by Gasteiger charge is 2.45. The summed E-state index contributed by atoms with van der Waals surface area (Å²) in [6, 6.07) is -0.531. The third kappa shape index (κ3) is 3.44. The van der Waals surface area contributed by atoms with E-state index in [9.17, 15) is 13.2 Å². The molecule has 128 valence electrons. The number of thioether (sulfide) groups is 1. The Morgan fingerprint density at radius 1 is 1.23 bits per heavy atom. The molecule has 8 heteroatoms. The number of hydrogen-bond acceptors (Lipinski definition) is 4. The zero-order chi connectivity index (χ0) is 16.7. The van der Waals surface area contributed by atoms with Gasteiger partial charge in [0.2, 0.25) is 5.91 Å². The van der Waals surface area contributed by atoms with Crippen molar-refractivity contribution in [1.82, 2.24) is 13.5 Å². The Balaban J connectivity index is 2.16. The first-order valence-corrected chi connectivity index (χ1v) is 10.3. The molecule has 1 amide bonds. The van der Waals surface area contributed by atoms with Crippen LogP contribution in [-0.4, -0.2) is 71.7 Å². The number of amides is 1. The second-order valence-electron chi connectivity index (χ2n) is 6.55. The largest absolute Gasteiger partial charge is 0.342 e. The van der Waals surface area contributed by atoms with Crippen LogP contribution in [0.4, 0.5) is 0 Å². The molecular formula is C14H27N3O3S2. The maximum absolute atomic E-state index is 12.9. The lowest BCUT2D eigenvalue weighted by molar-refractivity contribution is -0.134. The van der Waals surface area contributed by atoms with Gasteiger partial charge >= 0.3 is 0 Å². The van der Waals surface area contributed by atoms with E-state index in [1.54, 1.807) is 19.0 Å². The highest BCUT2D eigenvalue weighted by atomic mass is 32.2. The fourth-order valence-corrected chi connectivity index (χ4v) is 5.86. The zero-order valence-electron chi connectivity index (χ0n) is 14.0. The Hall–Kier alpha value is -0.310. The van der Waals surface area contributed by atoms with Gasteiger partial charge in [-0.1, -0.05) is 0 Å². The van der Waals surface area contributed by atoms with Crippen molar-refractivity contribution in [2.24, 2.45) is 5.92 Å². The van der Waals surface area contributed by atoms with Crippen molar-refractivity contribution >= 4 is 27.9 Å². The van der Waals surface area contributed by atoms with Crippen molar-refractivity contribution in [2.75, 3.05) is 25.7 Å². The molecule has 0 aromatic rings. The van der Waals surface area contributed by atoms with Crippen molar-refractivity contribution in [3.8, 4) is 0 Å². The molecule has 0 unspecified atom stereocenters. The summed E-state index contributed by atoms with van der Waals surface area (Å²) < 4.78 is 28.6. The first-order valence-electron chi connectivity index (χ1n) is 7.77. The predicted octanol–water partition coefficient (Wildman–Crippen LogP) is 1.20. The summed E-state index contributed by atoms with van der Waals surface area (Å²) in [6.45, 7) is 5.82. The zero-order valence-corrected chi connectivity index (χ0v) is 15.7. The number of carbonyl (C=O) groups is 1. The first-order chi connectivity index (χ1) is 10.2. The summed E-state index contributed by atoms with van der Waals surface area (Å²) in [5.74, 6) is 1.23. The van der Waals surface area contributed by atoms with E-state index in [0.29, 0.717) is 17.5 Å². The van der Waals surface area contributed by atoms with E-state index in [1.165, 1.54) is 20.4 Å². The van der Waals surface area contributed by atoms with Crippen LogP contribution in [0.3, 0.4) is 0 Å². The molecule has 1 saturated heterocycles. The van der Waals surface area contributed by atoms with E-state index >= 15 is 0 Å². The van der Waals surface area contributed by atoms with Gasteiger partial charge in [-0.15, -0.1) is 11.8 Å². The normalized spacial score (nSPS) is 25.0. The fourth-order valence-electron chi connectivity index (χ4n) is 2.59. The molecule has 0 bridgehead atoms. The fraction of sp³-hybridized carbons (Fsp3) is 0.929. The first kappa shape index (κ1) is 18.0. The molecule has 2 aliphatic rings. The Morgan fingerprint density at radius 2 is 1.82 bits per heavy atom. The molecule has 1 aliphatic carbocycles. The van der Waals surface area contributed by atoms with Crippen LogP contribution in [0, 0.1) is 5.92 Å². The van der Waals surface area contributed by atoms with Crippen LogP contribution in [0.2, 0.25) is 0 Å². The van der Waals surface area contributed by atoms with Gasteiger partial charge in [0.15, 0.2) is 0 Å². The van der Waals surface area contributed by atoms with E-state index in [0.717, 1.165) is 12.8 Å². The van der Waals surface area contributed by atoms with Crippen LogP contribution in [0.25, 0.3) is 0 Å². The lowest BCUT2D eigenvalue weighted by atomic mass is 10.2. The Kier molecular flexibility index (Phi) is 5.46. The van der Waals surface area contributed by atoms with Crippen molar-refractivity contribution < 1.29 is 13.2 Å². The Bertz CT molecular complexity index is 519. The Morgan fingerprint density at radius 3 is 2.32 bits per heavy atom. The van der Waals surface area contributed by atoms with Gasteiger partial charge in [0.25, 0.3) is 10.2 Å². The molecule has 0 aromatic heterocycles. The molecule has 1 saturated carbocycles. The molecule has 0 N–H and O–H groups in total. The van der Waals surface area contributed by atoms with Crippen LogP contribution in [0.1, 0.15) is 33.6 Å². The smallest absolute Gasteiger partial charge is 0.283 e. The summed E-state index contributed by atoms with van der Waals surface area (Å²) in [4.78, 5) is 14.2. The summed E-state index contributed by atoms with van der Waals surface area (Å²) in [5, 5.41) is 0. The second-order valence-corrected chi connectivity index (χ2v) is 9.49. The minimum absolute atomic E-state index is 0.00539. The molecule has 6 nitrogen and oxygen atoms in total. The number of nitrogens with zero attached hydrogens (tertiary/aromatic N) is 3. The van der Waals surface area contributed by atoms with Crippen LogP contribution in [0.15, 0.2) is 0 Å². The SMILES string of the molecule is CC(C)N(C)C(=O)[C@H]1CSCN1S(=O)(=O)N(C)[C@H](C)C1CC1. The van der Waals surface area contributed by atoms with E-state index in [1.807, 2.05) is 20.8 Å². The van der Waals surface area contributed by atoms with E-state index in [2.05, 4.69) is 0 Å². The average Bonchev–Trinajstić information content (AvgIpc) is 3.19. The molecule has 1 aliphatic heterocycles. The van der Waals surface area contributed by atoms with Gasteiger partial charge < -0.3 is 4.90 Å². The number of likely N-dealkylation sites (N-methyl/N-ethyl adjacent to an activating group) is 1. The highest BCUT2D eigenvalue weighted by Crippen LogP contribution is 2.37. The summed E-state index contributed by atoms with van der Waals surface area (Å²) in [6.07, 6.45) is 2.18. The van der Waals surface area contributed by atoms with Gasteiger partial charge in [-0.3, -0.25) is 4.79 Å². The van der Waals surface area contributed by atoms with Crippen LogP contribution in [-0.2, 0) is 15.0 Å². The quantitative estimate of drug-likeness (QED) is 0.723. The van der Waals surface area contributed by atoms with Crippen LogP contribution in [0.5, 0.6) is 0 Å². The van der Waals surface area contributed by atoms with Gasteiger partial charge in [0.05, 0.1) is 5.88 Å². The van der Waals surface area contributed by atoms with Crippen molar-refractivity contribution in [3.05, 3.63) is 0 Å². The third-order valence-electron chi connectivity index (χ3n) is 4.79. The molecule has 2 fully saturated rings. The standard InChI is InChI=1S/C14H27N3O3S2/c1-10(2)15(4)14(18)13-8-21-9-17(13)22(19,20)16(5)11(3)12-6-7-12/h10-13H,6-9H2,1-5H3/t11-,13-/m1/s1. The number of hydrogen-bond donors (Lipinski definition) is 0. The molecule has 22 heavy (non-hydrogen) atoms. The molecular weight excluding hydrogens is 322 g/mol. The van der Waals surface area contributed by atoms with Gasteiger partial charge in [-0.05, 0) is 39.5 Å². The minimum atomic E-state index is -3.60. The maximum atomic E-state index is 12.9. The summed E-state index contributed by atoms with van der Waals surface area (Å²) >= 11 is 1.50. The molecule has 0 radical (unpaired) electrons. The predicted molar refractivity (Wildman–Crippen MR) is 89.7 cm³/mol. The lowest BCUT2D eigenvalue weighted by Gasteiger charge is -2.33. The van der Waals surface area contributed by atoms with E-state index < -0.39 is 16.3 Å². The average molecular weight is 350 g/mol. The van der Waals surface area contributed by atoms with E-state index in [4.69, 9.17) is 0 Å². The van der Waals surface area contributed by atoms with Gasteiger partial charge in [0, 0.05) is 31.9 Å². The molecule has 1 heterocycles.